The highest BCUT2D eigenvalue weighted by Crippen LogP contribution is 2.24. The Morgan fingerprint density at radius 3 is 2.46 bits per heavy atom. The van der Waals surface area contributed by atoms with Crippen molar-refractivity contribution >= 4 is 23.1 Å². The zero-order chi connectivity index (χ0) is 18.7. The van der Waals surface area contributed by atoms with E-state index in [4.69, 9.17) is 5.26 Å². The number of aryl methyl sites for hydroxylation is 1. The second kappa shape index (κ2) is 7.11. The van der Waals surface area contributed by atoms with Crippen LogP contribution in [0.1, 0.15) is 11.3 Å². The van der Waals surface area contributed by atoms with Crippen molar-refractivity contribution in [2.24, 2.45) is 0 Å². The third-order valence-corrected chi connectivity index (χ3v) is 3.45. The molecule has 0 aliphatic carbocycles. The Labute approximate surface area is 147 Å². The number of hydrogen-bond donors (Lipinski definition) is 2. The van der Waals surface area contributed by atoms with Crippen LogP contribution < -0.4 is 10.6 Å². The predicted molar refractivity (Wildman–Crippen MR) is 90.8 cm³/mol. The van der Waals surface area contributed by atoms with E-state index in [0.717, 1.165) is 12.1 Å². The zero-order valence-electron chi connectivity index (χ0n) is 13.5. The normalized spacial score (nSPS) is 10.3. The number of nitrogens with one attached hydrogen (secondary N) is 2. The molecule has 3 rings (SSSR count). The number of para-hydroxylation sites is 1. The number of anilines is 4. The number of halogens is 3. The van der Waals surface area contributed by atoms with E-state index in [1.807, 2.05) is 6.07 Å². The number of nitrogens with zero attached hydrogens (tertiary/aromatic N) is 3. The molecule has 0 unspecified atom stereocenters. The Hall–Kier alpha value is -3.60. The SMILES string of the molecule is Cc1cc(Nc2ccc(F)c(F)c2F)nc(Nc2ccccc2C#N)n1. The standard InChI is InChI=1S/C18H12F3N5/c1-10-8-15(24-14-7-6-12(19)16(20)17(14)21)26-18(23-10)25-13-5-3-2-4-11(13)9-22/h2-8H,1H3,(H2,23,24,25,26). The topological polar surface area (TPSA) is 73.6 Å². The molecule has 5 nitrogen and oxygen atoms in total. The van der Waals surface area contributed by atoms with Crippen molar-refractivity contribution in [3.63, 3.8) is 0 Å². The number of benzene rings is 2. The first-order chi connectivity index (χ1) is 12.5. The van der Waals surface area contributed by atoms with Crippen molar-refractivity contribution in [2.45, 2.75) is 6.92 Å². The van der Waals surface area contributed by atoms with Gasteiger partial charge >= 0.3 is 0 Å². The number of hydrogen-bond acceptors (Lipinski definition) is 5. The maximum Gasteiger partial charge on any atom is 0.229 e. The fourth-order valence-corrected chi connectivity index (χ4v) is 2.26. The molecule has 26 heavy (non-hydrogen) atoms. The molecule has 0 spiro atoms. The Morgan fingerprint density at radius 2 is 1.69 bits per heavy atom. The first-order valence-corrected chi connectivity index (χ1v) is 7.50. The summed E-state index contributed by atoms with van der Waals surface area (Å²) >= 11 is 0. The zero-order valence-corrected chi connectivity index (χ0v) is 13.5. The summed E-state index contributed by atoms with van der Waals surface area (Å²) in [4.78, 5) is 8.37. The first-order valence-electron chi connectivity index (χ1n) is 7.50. The fourth-order valence-electron chi connectivity index (χ4n) is 2.26. The van der Waals surface area contributed by atoms with E-state index in [9.17, 15) is 13.2 Å². The van der Waals surface area contributed by atoms with E-state index >= 15 is 0 Å². The molecule has 0 amide bonds. The third-order valence-electron chi connectivity index (χ3n) is 3.45. The minimum Gasteiger partial charge on any atom is -0.338 e. The van der Waals surface area contributed by atoms with Gasteiger partial charge in [0.25, 0.3) is 0 Å². The van der Waals surface area contributed by atoms with E-state index in [0.29, 0.717) is 16.9 Å². The van der Waals surface area contributed by atoms with Crippen LogP contribution in [0.15, 0.2) is 42.5 Å². The second-order valence-electron chi connectivity index (χ2n) is 5.35. The molecule has 130 valence electrons. The molecule has 0 radical (unpaired) electrons. The highest BCUT2D eigenvalue weighted by molar-refractivity contribution is 5.65. The summed E-state index contributed by atoms with van der Waals surface area (Å²) in [6, 6.07) is 12.2. The lowest BCUT2D eigenvalue weighted by atomic mass is 10.2. The van der Waals surface area contributed by atoms with Gasteiger partial charge in [-0.25, -0.2) is 18.2 Å². The van der Waals surface area contributed by atoms with Crippen LogP contribution in [-0.2, 0) is 0 Å². The van der Waals surface area contributed by atoms with Crippen LogP contribution in [0.2, 0.25) is 0 Å². The van der Waals surface area contributed by atoms with E-state index in [2.05, 4.69) is 20.6 Å². The Kier molecular flexibility index (Phi) is 4.71. The molecule has 1 aromatic heterocycles. The van der Waals surface area contributed by atoms with Gasteiger partial charge in [-0.15, -0.1) is 0 Å². The fraction of sp³-hybridized carbons (Fsp3) is 0.0556. The van der Waals surface area contributed by atoms with E-state index in [1.165, 1.54) is 6.07 Å². The summed E-state index contributed by atoms with van der Waals surface area (Å²) in [7, 11) is 0. The average Bonchev–Trinajstić information content (AvgIpc) is 2.62. The Balaban J connectivity index is 1.91. The van der Waals surface area contributed by atoms with Gasteiger partial charge in [0, 0.05) is 11.8 Å². The largest absolute Gasteiger partial charge is 0.338 e. The van der Waals surface area contributed by atoms with Gasteiger partial charge in [-0.2, -0.15) is 10.2 Å². The summed E-state index contributed by atoms with van der Waals surface area (Å²) in [6.07, 6.45) is 0. The summed E-state index contributed by atoms with van der Waals surface area (Å²) in [5.41, 5.74) is 1.19. The predicted octanol–water partition coefficient (Wildman–Crippen LogP) is 4.56. The lowest BCUT2D eigenvalue weighted by Gasteiger charge is -2.11. The molecule has 0 saturated heterocycles. The second-order valence-corrected chi connectivity index (χ2v) is 5.35. The van der Waals surface area contributed by atoms with Crippen molar-refractivity contribution in [3.8, 4) is 6.07 Å². The molecule has 0 aliphatic heterocycles. The van der Waals surface area contributed by atoms with Crippen molar-refractivity contribution in [2.75, 3.05) is 10.6 Å². The van der Waals surface area contributed by atoms with Gasteiger partial charge in [-0.05, 0) is 31.2 Å². The monoisotopic (exact) mass is 355 g/mol. The number of nitriles is 1. The average molecular weight is 355 g/mol. The van der Waals surface area contributed by atoms with Crippen LogP contribution in [0, 0.1) is 35.7 Å². The molecule has 0 bridgehead atoms. The highest BCUT2D eigenvalue weighted by Gasteiger charge is 2.14. The summed E-state index contributed by atoms with van der Waals surface area (Å²) in [5, 5.41) is 14.6. The van der Waals surface area contributed by atoms with Gasteiger partial charge in [0.1, 0.15) is 11.9 Å². The third kappa shape index (κ3) is 3.57. The molecule has 2 aromatic carbocycles. The molecule has 0 saturated carbocycles. The minimum absolute atomic E-state index is 0.165. The molecule has 2 N–H and O–H groups in total. The molecule has 0 aliphatic rings. The van der Waals surface area contributed by atoms with Crippen LogP contribution in [-0.4, -0.2) is 9.97 Å². The molecule has 0 fully saturated rings. The Bertz CT molecular complexity index is 1010. The smallest absolute Gasteiger partial charge is 0.229 e. The van der Waals surface area contributed by atoms with Gasteiger partial charge in [0.2, 0.25) is 5.95 Å². The van der Waals surface area contributed by atoms with Gasteiger partial charge in [-0.3, -0.25) is 0 Å². The molecular formula is C18H12F3N5. The first kappa shape index (κ1) is 17.2. The van der Waals surface area contributed by atoms with Gasteiger partial charge in [-0.1, -0.05) is 12.1 Å². The van der Waals surface area contributed by atoms with E-state index in [1.54, 1.807) is 31.2 Å². The van der Waals surface area contributed by atoms with Crippen LogP contribution in [0.3, 0.4) is 0 Å². The molecule has 0 atom stereocenters. The van der Waals surface area contributed by atoms with E-state index < -0.39 is 17.5 Å². The van der Waals surface area contributed by atoms with Gasteiger partial charge in [0.05, 0.1) is 16.9 Å². The van der Waals surface area contributed by atoms with E-state index in [-0.39, 0.29) is 17.5 Å². The summed E-state index contributed by atoms with van der Waals surface area (Å²) in [5.74, 6) is -3.84. The molecule has 3 aromatic rings. The van der Waals surface area contributed by atoms with Crippen molar-refractivity contribution in [3.05, 3.63) is 71.2 Å². The summed E-state index contributed by atoms with van der Waals surface area (Å²) < 4.78 is 40.2. The molecule has 1 heterocycles. The lowest BCUT2D eigenvalue weighted by Crippen LogP contribution is -2.05. The van der Waals surface area contributed by atoms with Crippen LogP contribution in [0.4, 0.5) is 36.3 Å². The lowest BCUT2D eigenvalue weighted by molar-refractivity contribution is 0.449. The van der Waals surface area contributed by atoms with Crippen molar-refractivity contribution in [1.82, 2.24) is 9.97 Å². The maximum atomic E-state index is 13.8. The maximum absolute atomic E-state index is 13.8. The van der Waals surface area contributed by atoms with Crippen LogP contribution in [0.5, 0.6) is 0 Å². The van der Waals surface area contributed by atoms with Crippen molar-refractivity contribution < 1.29 is 13.2 Å². The molecular weight excluding hydrogens is 343 g/mol. The van der Waals surface area contributed by atoms with Gasteiger partial charge in [0.15, 0.2) is 17.5 Å². The van der Waals surface area contributed by atoms with Crippen LogP contribution >= 0.6 is 0 Å². The Morgan fingerprint density at radius 1 is 0.923 bits per heavy atom. The van der Waals surface area contributed by atoms with Gasteiger partial charge < -0.3 is 10.6 Å². The van der Waals surface area contributed by atoms with Crippen molar-refractivity contribution in [1.29, 1.82) is 5.26 Å². The number of rotatable bonds is 4. The highest BCUT2D eigenvalue weighted by atomic mass is 19.2. The minimum atomic E-state index is -1.57. The molecule has 8 heteroatoms. The van der Waals surface area contributed by atoms with Crippen LogP contribution in [0.25, 0.3) is 0 Å². The quantitative estimate of drug-likeness (QED) is 0.671. The summed E-state index contributed by atoms with van der Waals surface area (Å²) in [6.45, 7) is 1.69. The number of aromatic nitrogens is 2.